The molecule has 1 amide bonds. The van der Waals surface area contributed by atoms with Gasteiger partial charge in [-0.1, -0.05) is 30.3 Å². The molecule has 0 fully saturated rings. The fourth-order valence-corrected chi connectivity index (χ4v) is 3.89. The first-order chi connectivity index (χ1) is 14.2. The smallest absolute Gasteiger partial charge is 0.252 e. The number of hydrogen-bond donors (Lipinski definition) is 1. The first-order valence-electron chi connectivity index (χ1n) is 9.89. The summed E-state index contributed by atoms with van der Waals surface area (Å²) in [6.07, 6.45) is 5.18. The highest BCUT2D eigenvalue weighted by atomic mass is 16.5. The molecule has 3 aromatic rings. The van der Waals surface area contributed by atoms with E-state index in [1.807, 2.05) is 42.6 Å². The number of carbonyl (C=O) groups is 1. The molecule has 29 heavy (non-hydrogen) atoms. The zero-order valence-corrected chi connectivity index (χ0v) is 16.8. The molecular weight excluding hydrogens is 362 g/mol. The van der Waals surface area contributed by atoms with Crippen LogP contribution in [-0.4, -0.2) is 30.6 Å². The number of aromatic nitrogens is 1. The molecule has 0 radical (unpaired) electrons. The Morgan fingerprint density at radius 2 is 2.03 bits per heavy atom. The molecular formula is C24H25N3O2. The first-order valence-corrected chi connectivity index (χ1v) is 9.89. The van der Waals surface area contributed by atoms with Crippen LogP contribution in [0.4, 0.5) is 11.4 Å². The third-order valence-electron chi connectivity index (χ3n) is 5.30. The van der Waals surface area contributed by atoms with Crippen molar-refractivity contribution in [1.82, 2.24) is 10.3 Å². The summed E-state index contributed by atoms with van der Waals surface area (Å²) in [7, 11) is 1.65. The third-order valence-corrected chi connectivity index (χ3v) is 5.30. The van der Waals surface area contributed by atoms with Gasteiger partial charge in [-0.25, -0.2) is 0 Å². The summed E-state index contributed by atoms with van der Waals surface area (Å²) >= 11 is 0. The van der Waals surface area contributed by atoms with Gasteiger partial charge in [0, 0.05) is 24.5 Å². The van der Waals surface area contributed by atoms with Crippen LogP contribution in [0.5, 0.6) is 5.75 Å². The van der Waals surface area contributed by atoms with E-state index in [4.69, 9.17) is 4.74 Å². The Balaban J connectivity index is 1.44. The molecule has 0 aliphatic carbocycles. The number of ether oxygens (including phenoxy) is 1. The number of fused-ring (bicyclic) bond motifs is 1. The number of para-hydroxylation sites is 1. The molecule has 0 saturated heterocycles. The van der Waals surface area contributed by atoms with E-state index >= 15 is 0 Å². The van der Waals surface area contributed by atoms with Crippen molar-refractivity contribution in [2.75, 3.05) is 18.6 Å². The quantitative estimate of drug-likeness (QED) is 0.691. The van der Waals surface area contributed by atoms with Gasteiger partial charge in [0.05, 0.1) is 24.6 Å². The highest BCUT2D eigenvalue weighted by Crippen LogP contribution is 2.37. The van der Waals surface area contributed by atoms with Crippen LogP contribution >= 0.6 is 0 Å². The number of pyridine rings is 1. The summed E-state index contributed by atoms with van der Waals surface area (Å²) in [6, 6.07) is 18.5. The predicted molar refractivity (Wildman–Crippen MR) is 115 cm³/mol. The Hall–Kier alpha value is -3.34. The number of methoxy groups -OCH3 is 1. The number of amides is 1. The maximum Gasteiger partial charge on any atom is 0.252 e. The van der Waals surface area contributed by atoms with Gasteiger partial charge in [0.15, 0.2) is 0 Å². The number of rotatable bonds is 6. The van der Waals surface area contributed by atoms with Crippen molar-refractivity contribution in [3.8, 4) is 5.75 Å². The zero-order chi connectivity index (χ0) is 20.2. The van der Waals surface area contributed by atoms with Gasteiger partial charge in [-0.15, -0.1) is 0 Å². The highest BCUT2D eigenvalue weighted by Gasteiger charge is 2.27. The van der Waals surface area contributed by atoms with Gasteiger partial charge >= 0.3 is 0 Å². The van der Waals surface area contributed by atoms with Crippen LogP contribution < -0.4 is 15.0 Å². The number of nitrogens with zero attached hydrogens (tertiary/aromatic N) is 2. The largest absolute Gasteiger partial charge is 0.497 e. The molecule has 2 aromatic carbocycles. The normalized spacial score (nSPS) is 15.1. The van der Waals surface area contributed by atoms with Gasteiger partial charge in [0.1, 0.15) is 5.75 Å². The average Bonchev–Trinajstić information content (AvgIpc) is 3.09. The first kappa shape index (κ1) is 19.0. The molecule has 1 aliphatic rings. The maximum atomic E-state index is 12.7. The van der Waals surface area contributed by atoms with Crippen LogP contribution in [0, 0.1) is 0 Å². The summed E-state index contributed by atoms with van der Waals surface area (Å²) in [6.45, 7) is 2.75. The second-order valence-electron chi connectivity index (χ2n) is 7.34. The van der Waals surface area contributed by atoms with Crippen LogP contribution in [0.1, 0.15) is 28.4 Å². The average molecular weight is 387 g/mol. The van der Waals surface area contributed by atoms with Crippen molar-refractivity contribution in [2.45, 2.75) is 25.8 Å². The molecule has 5 nitrogen and oxygen atoms in total. The van der Waals surface area contributed by atoms with Crippen molar-refractivity contribution in [1.29, 1.82) is 0 Å². The fraction of sp³-hybridized carbons (Fsp3) is 0.250. The number of carbonyl (C=O) groups excluding carboxylic acids is 1. The summed E-state index contributed by atoms with van der Waals surface area (Å²) in [5, 5.41) is 2.99. The van der Waals surface area contributed by atoms with Crippen molar-refractivity contribution in [2.24, 2.45) is 0 Å². The fourth-order valence-electron chi connectivity index (χ4n) is 3.89. The van der Waals surface area contributed by atoms with Crippen LogP contribution in [0.25, 0.3) is 0 Å². The van der Waals surface area contributed by atoms with Gasteiger partial charge in [-0.2, -0.15) is 0 Å². The Labute approximate surface area is 171 Å². The second kappa shape index (κ2) is 8.35. The molecule has 5 heteroatoms. The zero-order valence-electron chi connectivity index (χ0n) is 16.8. The summed E-state index contributed by atoms with van der Waals surface area (Å²) in [5.74, 6) is 0.716. The van der Waals surface area contributed by atoms with Crippen molar-refractivity contribution >= 4 is 17.3 Å². The molecule has 2 heterocycles. The van der Waals surface area contributed by atoms with E-state index in [0.717, 1.165) is 29.8 Å². The van der Waals surface area contributed by atoms with Crippen molar-refractivity contribution < 1.29 is 9.53 Å². The van der Waals surface area contributed by atoms with Crippen molar-refractivity contribution in [3.05, 3.63) is 83.7 Å². The molecule has 0 bridgehead atoms. The molecule has 0 saturated carbocycles. The van der Waals surface area contributed by atoms with E-state index in [1.165, 1.54) is 11.3 Å². The Bertz CT molecular complexity index is 1020. The molecule has 1 unspecified atom stereocenters. The van der Waals surface area contributed by atoms with Crippen LogP contribution in [-0.2, 0) is 12.8 Å². The lowest BCUT2D eigenvalue weighted by Gasteiger charge is -2.25. The van der Waals surface area contributed by atoms with E-state index in [1.54, 1.807) is 13.3 Å². The Morgan fingerprint density at radius 3 is 2.90 bits per heavy atom. The predicted octanol–water partition coefficient (Wildman–Crippen LogP) is 4.15. The standard InChI is InChI=1S/C24H25N3O2/c1-17-12-19-7-3-4-9-23(19)27(17)21-14-20(15-25-16-21)24(28)26-11-10-18-6-5-8-22(13-18)29-2/h3-9,13-17H,10-12H2,1-2H3,(H,26,28). The van der Waals surface area contributed by atoms with Gasteiger partial charge in [0.2, 0.25) is 0 Å². The minimum Gasteiger partial charge on any atom is -0.497 e. The Kier molecular flexibility index (Phi) is 5.47. The van der Waals surface area contributed by atoms with Gasteiger partial charge in [0.25, 0.3) is 5.91 Å². The van der Waals surface area contributed by atoms with Crippen molar-refractivity contribution in [3.63, 3.8) is 0 Å². The summed E-state index contributed by atoms with van der Waals surface area (Å²) < 4.78 is 5.25. The molecule has 1 atom stereocenters. The summed E-state index contributed by atoms with van der Waals surface area (Å²) in [5.41, 5.74) is 5.16. The Morgan fingerprint density at radius 1 is 1.17 bits per heavy atom. The number of hydrogen-bond acceptors (Lipinski definition) is 4. The van der Waals surface area contributed by atoms with Gasteiger partial charge < -0.3 is 15.0 Å². The van der Waals surface area contributed by atoms with E-state index in [0.29, 0.717) is 18.2 Å². The van der Waals surface area contributed by atoms with Crippen LogP contribution in [0.15, 0.2) is 67.0 Å². The minimum absolute atomic E-state index is 0.109. The number of benzene rings is 2. The van der Waals surface area contributed by atoms with Gasteiger partial charge in [-0.3, -0.25) is 9.78 Å². The van der Waals surface area contributed by atoms with E-state index in [-0.39, 0.29) is 5.91 Å². The lowest BCUT2D eigenvalue weighted by Crippen LogP contribution is -2.27. The van der Waals surface area contributed by atoms with Crippen LogP contribution in [0.2, 0.25) is 0 Å². The SMILES string of the molecule is COc1cccc(CCNC(=O)c2cncc(N3c4ccccc4CC3C)c2)c1. The maximum absolute atomic E-state index is 12.7. The van der Waals surface area contributed by atoms with E-state index < -0.39 is 0 Å². The topological polar surface area (TPSA) is 54.5 Å². The molecule has 0 spiro atoms. The lowest BCUT2D eigenvalue weighted by atomic mass is 10.1. The third kappa shape index (κ3) is 4.09. The monoisotopic (exact) mass is 387 g/mol. The van der Waals surface area contributed by atoms with E-state index in [9.17, 15) is 4.79 Å². The van der Waals surface area contributed by atoms with E-state index in [2.05, 4.69) is 40.3 Å². The molecule has 1 aromatic heterocycles. The molecule has 148 valence electrons. The summed E-state index contributed by atoms with van der Waals surface area (Å²) in [4.78, 5) is 19.2. The van der Waals surface area contributed by atoms with Crippen LogP contribution in [0.3, 0.4) is 0 Å². The molecule has 4 rings (SSSR count). The second-order valence-corrected chi connectivity index (χ2v) is 7.34. The molecule has 1 N–H and O–H groups in total. The number of nitrogens with one attached hydrogen (secondary N) is 1. The number of anilines is 2. The van der Waals surface area contributed by atoms with Gasteiger partial charge in [-0.05, 0) is 55.2 Å². The highest BCUT2D eigenvalue weighted by molar-refractivity contribution is 5.95. The molecule has 1 aliphatic heterocycles. The lowest BCUT2D eigenvalue weighted by molar-refractivity contribution is 0.0954. The minimum atomic E-state index is -0.109.